The number of ether oxygens (including phenoxy) is 3. The van der Waals surface area contributed by atoms with Crippen LogP contribution in [0.15, 0.2) is 42.5 Å². The molecule has 2 aromatic rings. The average molecular weight is 348 g/mol. The van der Waals surface area contributed by atoms with Gasteiger partial charge in [-0.1, -0.05) is 29.8 Å². The zero-order chi connectivity index (χ0) is 16.8. The van der Waals surface area contributed by atoms with E-state index in [2.05, 4.69) is 5.32 Å². The van der Waals surface area contributed by atoms with Crippen LogP contribution in [0.5, 0.6) is 17.2 Å². The minimum absolute atomic E-state index is 0.0181. The monoisotopic (exact) mass is 347 g/mol. The van der Waals surface area contributed by atoms with Crippen LogP contribution in [-0.4, -0.2) is 25.9 Å². The van der Waals surface area contributed by atoms with E-state index in [1.54, 1.807) is 12.1 Å². The highest BCUT2D eigenvalue weighted by Gasteiger charge is 2.13. The zero-order valence-corrected chi connectivity index (χ0v) is 13.8. The Labute approximate surface area is 145 Å². The molecule has 6 heteroatoms. The molecule has 2 aromatic carbocycles. The molecule has 0 radical (unpaired) electrons. The summed E-state index contributed by atoms with van der Waals surface area (Å²) in [4.78, 5) is 11.9. The maximum absolute atomic E-state index is 11.9. The molecule has 0 aromatic heterocycles. The van der Waals surface area contributed by atoms with Gasteiger partial charge < -0.3 is 19.5 Å². The first-order valence-electron chi connectivity index (χ1n) is 7.75. The maximum atomic E-state index is 11.9. The molecule has 0 spiro atoms. The number of hydrogen-bond acceptors (Lipinski definition) is 4. The number of amides is 1. The third-order valence-electron chi connectivity index (χ3n) is 3.60. The minimum atomic E-state index is -0.0181. The molecule has 126 valence electrons. The van der Waals surface area contributed by atoms with Crippen molar-refractivity contribution in [2.45, 2.75) is 12.8 Å². The van der Waals surface area contributed by atoms with Crippen LogP contribution in [0, 0.1) is 0 Å². The number of para-hydroxylation sites is 1. The van der Waals surface area contributed by atoms with Gasteiger partial charge in [-0.2, -0.15) is 0 Å². The number of carbonyl (C=O) groups is 1. The van der Waals surface area contributed by atoms with Gasteiger partial charge in [-0.15, -0.1) is 0 Å². The van der Waals surface area contributed by atoms with Crippen LogP contribution in [0.3, 0.4) is 0 Å². The molecule has 1 N–H and O–H groups in total. The van der Waals surface area contributed by atoms with E-state index in [1.165, 1.54) is 0 Å². The van der Waals surface area contributed by atoms with Gasteiger partial charge in [0.2, 0.25) is 12.7 Å². The van der Waals surface area contributed by atoms with Gasteiger partial charge in [0, 0.05) is 6.42 Å². The molecule has 0 atom stereocenters. The Kier molecular flexibility index (Phi) is 5.43. The molecule has 1 aliphatic heterocycles. The number of fused-ring (bicyclic) bond motifs is 1. The van der Waals surface area contributed by atoms with Crippen molar-refractivity contribution in [2.24, 2.45) is 0 Å². The van der Waals surface area contributed by atoms with Crippen LogP contribution in [-0.2, 0) is 11.2 Å². The van der Waals surface area contributed by atoms with Crippen LogP contribution < -0.4 is 19.5 Å². The molecule has 1 heterocycles. The molecule has 0 bridgehead atoms. The van der Waals surface area contributed by atoms with Gasteiger partial charge in [0.15, 0.2) is 11.5 Å². The van der Waals surface area contributed by atoms with E-state index in [4.69, 9.17) is 25.8 Å². The fourth-order valence-corrected chi connectivity index (χ4v) is 2.55. The molecule has 3 rings (SSSR count). The zero-order valence-electron chi connectivity index (χ0n) is 13.1. The standard InChI is InChI=1S/C18H18ClNO4/c19-14-3-1-2-4-15(14)22-10-9-20-18(21)8-6-13-5-7-16-17(11-13)24-12-23-16/h1-5,7,11H,6,8-10,12H2,(H,20,21). The Morgan fingerprint density at radius 1 is 1.17 bits per heavy atom. The van der Waals surface area contributed by atoms with Gasteiger partial charge in [0.05, 0.1) is 11.6 Å². The molecular formula is C18H18ClNO4. The van der Waals surface area contributed by atoms with E-state index in [0.29, 0.717) is 36.8 Å². The lowest BCUT2D eigenvalue weighted by molar-refractivity contribution is -0.121. The number of hydrogen-bond donors (Lipinski definition) is 1. The fourth-order valence-electron chi connectivity index (χ4n) is 2.36. The highest BCUT2D eigenvalue weighted by Crippen LogP contribution is 2.32. The summed E-state index contributed by atoms with van der Waals surface area (Å²) in [6.45, 7) is 1.06. The molecule has 0 aliphatic carbocycles. The number of rotatable bonds is 7. The van der Waals surface area contributed by atoms with E-state index in [0.717, 1.165) is 17.1 Å². The molecule has 1 aliphatic rings. The highest BCUT2D eigenvalue weighted by molar-refractivity contribution is 6.32. The summed E-state index contributed by atoms with van der Waals surface area (Å²) in [6.07, 6.45) is 1.06. The lowest BCUT2D eigenvalue weighted by atomic mass is 10.1. The molecule has 0 fully saturated rings. The Hall–Kier alpha value is -2.40. The van der Waals surface area contributed by atoms with Gasteiger partial charge in [-0.25, -0.2) is 0 Å². The normalized spacial score (nSPS) is 12.0. The first kappa shape index (κ1) is 16.5. The van der Waals surface area contributed by atoms with E-state index in [1.807, 2.05) is 30.3 Å². The predicted octanol–water partition coefficient (Wildman–Crippen LogP) is 3.20. The van der Waals surface area contributed by atoms with E-state index in [-0.39, 0.29) is 12.7 Å². The summed E-state index contributed by atoms with van der Waals surface area (Å²) < 4.78 is 16.1. The summed E-state index contributed by atoms with van der Waals surface area (Å²) in [5.41, 5.74) is 1.04. The Morgan fingerprint density at radius 2 is 2.00 bits per heavy atom. The first-order valence-corrected chi connectivity index (χ1v) is 8.13. The Morgan fingerprint density at radius 3 is 2.88 bits per heavy atom. The number of benzene rings is 2. The number of nitrogens with one attached hydrogen (secondary N) is 1. The smallest absolute Gasteiger partial charge is 0.231 e. The van der Waals surface area contributed by atoms with Crippen LogP contribution in [0.25, 0.3) is 0 Å². The van der Waals surface area contributed by atoms with Gasteiger partial charge >= 0.3 is 0 Å². The molecule has 0 unspecified atom stereocenters. The Balaban J connectivity index is 1.36. The molecule has 0 saturated carbocycles. The second-order valence-corrected chi connectivity index (χ2v) is 5.72. The fraction of sp³-hybridized carbons (Fsp3) is 0.278. The Bertz CT molecular complexity index is 720. The van der Waals surface area contributed by atoms with Crippen molar-refractivity contribution in [1.29, 1.82) is 0 Å². The summed E-state index contributed by atoms with van der Waals surface area (Å²) in [5.74, 6) is 2.09. The van der Waals surface area contributed by atoms with E-state index in [9.17, 15) is 4.79 Å². The van der Waals surface area contributed by atoms with Crippen LogP contribution in [0.1, 0.15) is 12.0 Å². The largest absolute Gasteiger partial charge is 0.490 e. The van der Waals surface area contributed by atoms with E-state index < -0.39 is 0 Å². The molecule has 5 nitrogen and oxygen atoms in total. The second-order valence-electron chi connectivity index (χ2n) is 5.32. The van der Waals surface area contributed by atoms with Gasteiger partial charge in [0.1, 0.15) is 12.4 Å². The second kappa shape index (κ2) is 7.93. The molecule has 24 heavy (non-hydrogen) atoms. The lowest BCUT2D eigenvalue weighted by Crippen LogP contribution is -2.28. The molecular weight excluding hydrogens is 330 g/mol. The number of halogens is 1. The van der Waals surface area contributed by atoms with Crippen LogP contribution in [0.2, 0.25) is 5.02 Å². The summed E-state index contributed by atoms with van der Waals surface area (Å²) in [5, 5.41) is 3.39. The summed E-state index contributed by atoms with van der Waals surface area (Å²) in [6, 6.07) is 13.0. The quantitative estimate of drug-likeness (QED) is 0.781. The summed E-state index contributed by atoms with van der Waals surface area (Å²) >= 11 is 5.99. The first-order chi connectivity index (χ1) is 11.7. The van der Waals surface area contributed by atoms with Gasteiger partial charge in [0.25, 0.3) is 0 Å². The van der Waals surface area contributed by atoms with Crippen molar-refractivity contribution < 1.29 is 19.0 Å². The van der Waals surface area contributed by atoms with E-state index >= 15 is 0 Å². The van der Waals surface area contributed by atoms with Crippen molar-refractivity contribution in [1.82, 2.24) is 5.32 Å². The van der Waals surface area contributed by atoms with Crippen LogP contribution in [0.4, 0.5) is 0 Å². The molecule has 1 amide bonds. The number of carbonyl (C=O) groups excluding carboxylic acids is 1. The average Bonchev–Trinajstić information content (AvgIpc) is 3.06. The lowest BCUT2D eigenvalue weighted by Gasteiger charge is -2.09. The highest BCUT2D eigenvalue weighted by atomic mass is 35.5. The number of aryl methyl sites for hydroxylation is 1. The van der Waals surface area contributed by atoms with Crippen molar-refractivity contribution in [3.05, 3.63) is 53.1 Å². The SMILES string of the molecule is O=C(CCc1ccc2c(c1)OCO2)NCCOc1ccccc1Cl. The summed E-state index contributed by atoms with van der Waals surface area (Å²) in [7, 11) is 0. The topological polar surface area (TPSA) is 56.8 Å². The van der Waals surface area contributed by atoms with Gasteiger partial charge in [-0.3, -0.25) is 4.79 Å². The van der Waals surface area contributed by atoms with Crippen molar-refractivity contribution >= 4 is 17.5 Å². The third-order valence-corrected chi connectivity index (χ3v) is 3.91. The van der Waals surface area contributed by atoms with Gasteiger partial charge in [-0.05, 0) is 36.2 Å². The van der Waals surface area contributed by atoms with Crippen molar-refractivity contribution in [3.8, 4) is 17.2 Å². The minimum Gasteiger partial charge on any atom is -0.490 e. The maximum Gasteiger partial charge on any atom is 0.231 e. The van der Waals surface area contributed by atoms with Crippen molar-refractivity contribution in [3.63, 3.8) is 0 Å². The van der Waals surface area contributed by atoms with Crippen molar-refractivity contribution in [2.75, 3.05) is 19.9 Å². The third kappa shape index (κ3) is 4.32. The predicted molar refractivity (Wildman–Crippen MR) is 90.8 cm³/mol. The molecule has 0 saturated heterocycles. The van der Waals surface area contributed by atoms with Crippen LogP contribution >= 0.6 is 11.6 Å².